The lowest BCUT2D eigenvalue weighted by Crippen LogP contribution is -2.22. The van der Waals surface area contributed by atoms with Crippen molar-refractivity contribution in [2.75, 3.05) is 19.7 Å². The number of halogens is 1. The minimum atomic E-state index is -0.568. The Kier molecular flexibility index (Phi) is 7.21. The second-order valence-electron chi connectivity index (χ2n) is 4.03. The molecule has 1 atom stereocenters. The third-order valence-corrected chi connectivity index (χ3v) is 2.96. The molecule has 0 saturated heterocycles. The monoisotopic (exact) mass is 257 g/mol. The lowest BCUT2D eigenvalue weighted by Gasteiger charge is -2.13. The first-order chi connectivity index (χ1) is 8.25. The van der Waals surface area contributed by atoms with Gasteiger partial charge in [0.1, 0.15) is 0 Å². The van der Waals surface area contributed by atoms with Crippen LogP contribution in [0.15, 0.2) is 24.3 Å². The van der Waals surface area contributed by atoms with E-state index in [2.05, 4.69) is 5.32 Å². The van der Waals surface area contributed by atoms with E-state index in [9.17, 15) is 5.11 Å². The summed E-state index contributed by atoms with van der Waals surface area (Å²) in [4.78, 5) is 0. The maximum Gasteiger partial charge on any atom is 0.0928 e. The molecule has 0 aliphatic heterocycles. The first-order valence-corrected chi connectivity index (χ1v) is 6.37. The van der Waals surface area contributed by atoms with Crippen LogP contribution in [0, 0.1) is 0 Å². The Labute approximate surface area is 107 Å². The van der Waals surface area contributed by atoms with Gasteiger partial charge in [0.15, 0.2) is 0 Å². The average molecular weight is 258 g/mol. The van der Waals surface area contributed by atoms with Crippen molar-refractivity contribution in [3.05, 3.63) is 34.9 Å². The molecule has 17 heavy (non-hydrogen) atoms. The summed E-state index contributed by atoms with van der Waals surface area (Å²) < 4.78 is 0. The SMILES string of the molecule is OCCCCCNCC(O)c1ccccc1Cl. The average Bonchev–Trinajstić information content (AvgIpc) is 2.34. The predicted octanol–water partition coefficient (Wildman–Crippen LogP) is 2.13. The van der Waals surface area contributed by atoms with Crippen LogP contribution >= 0.6 is 11.6 Å². The van der Waals surface area contributed by atoms with Crippen molar-refractivity contribution in [3.63, 3.8) is 0 Å². The molecule has 0 radical (unpaired) electrons. The normalized spacial score (nSPS) is 12.6. The summed E-state index contributed by atoms with van der Waals surface area (Å²) in [5.41, 5.74) is 0.761. The minimum Gasteiger partial charge on any atom is -0.396 e. The third kappa shape index (κ3) is 5.50. The summed E-state index contributed by atoms with van der Waals surface area (Å²) in [6.07, 6.45) is 2.29. The van der Waals surface area contributed by atoms with Crippen LogP contribution in [0.3, 0.4) is 0 Å². The first-order valence-electron chi connectivity index (χ1n) is 5.99. The van der Waals surface area contributed by atoms with Crippen molar-refractivity contribution < 1.29 is 10.2 Å². The van der Waals surface area contributed by atoms with E-state index >= 15 is 0 Å². The van der Waals surface area contributed by atoms with Crippen molar-refractivity contribution in [3.8, 4) is 0 Å². The number of hydrogen-bond acceptors (Lipinski definition) is 3. The number of aliphatic hydroxyl groups is 2. The van der Waals surface area contributed by atoms with Crippen LogP contribution in [-0.2, 0) is 0 Å². The third-order valence-electron chi connectivity index (χ3n) is 2.61. The highest BCUT2D eigenvalue weighted by Crippen LogP contribution is 2.21. The molecule has 1 aromatic carbocycles. The summed E-state index contributed by atoms with van der Waals surface area (Å²) in [6, 6.07) is 7.33. The van der Waals surface area contributed by atoms with Gasteiger partial charge in [-0.2, -0.15) is 0 Å². The van der Waals surface area contributed by atoms with E-state index in [-0.39, 0.29) is 6.61 Å². The Morgan fingerprint density at radius 1 is 1.18 bits per heavy atom. The standard InChI is InChI=1S/C13H20ClNO2/c14-12-7-3-2-6-11(12)13(17)10-15-8-4-1-5-9-16/h2-3,6-7,13,15-17H,1,4-5,8-10H2. The van der Waals surface area contributed by atoms with Crippen LogP contribution in [0.2, 0.25) is 5.02 Å². The number of benzene rings is 1. The molecular weight excluding hydrogens is 238 g/mol. The molecule has 0 aliphatic rings. The summed E-state index contributed by atoms with van der Waals surface area (Å²) in [6.45, 7) is 1.60. The molecule has 0 saturated carbocycles. The van der Waals surface area contributed by atoms with E-state index in [1.807, 2.05) is 18.2 Å². The summed E-state index contributed by atoms with van der Waals surface area (Å²) >= 11 is 5.98. The van der Waals surface area contributed by atoms with Crippen molar-refractivity contribution in [2.45, 2.75) is 25.4 Å². The van der Waals surface area contributed by atoms with Crippen LogP contribution in [0.1, 0.15) is 30.9 Å². The maximum atomic E-state index is 9.92. The molecular formula is C13H20ClNO2. The van der Waals surface area contributed by atoms with Gasteiger partial charge in [-0.05, 0) is 31.9 Å². The number of unbranched alkanes of at least 4 members (excludes halogenated alkanes) is 2. The molecule has 3 N–H and O–H groups in total. The molecule has 3 nitrogen and oxygen atoms in total. The molecule has 96 valence electrons. The summed E-state index contributed by atoms with van der Waals surface area (Å²) in [5.74, 6) is 0. The van der Waals surface area contributed by atoms with E-state index in [4.69, 9.17) is 16.7 Å². The van der Waals surface area contributed by atoms with Crippen LogP contribution in [0.5, 0.6) is 0 Å². The quantitative estimate of drug-likeness (QED) is 0.626. The van der Waals surface area contributed by atoms with E-state index < -0.39 is 6.10 Å². The van der Waals surface area contributed by atoms with Gasteiger partial charge in [-0.3, -0.25) is 0 Å². The molecule has 0 aromatic heterocycles. The number of rotatable bonds is 8. The number of hydrogen-bond donors (Lipinski definition) is 3. The van der Waals surface area contributed by atoms with Crippen molar-refractivity contribution in [1.29, 1.82) is 0 Å². The highest BCUT2D eigenvalue weighted by Gasteiger charge is 2.09. The fraction of sp³-hybridized carbons (Fsp3) is 0.538. The van der Waals surface area contributed by atoms with Gasteiger partial charge in [0, 0.05) is 23.7 Å². The topological polar surface area (TPSA) is 52.5 Å². The van der Waals surface area contributed by atoms with Gasteiger partial charge in [-0.15, -0.1) is 0 Å². The van der Waals surface area contributed by atoms with Gasteiger partial charge < -0.3 is 15.5 Å². The smallest absolute Gasteiger partial charge is 0.0928 e. The molecule has 0 amide bonds. The maximum absolute atomic E-state index is 9.92. The van der Waals surface area contributed by atoms with Gasteiger partial charge >= 0.3 is 0 Å². The molecule has 0 fully saturated rings. The molecule has 0 spiro atoms. The molecule has 1 rings (SSSR count). The first kappa shape index (κ1) is 14.5. The Hall–Kier alpha value is -0.610. The lowest BCUT2D eigenvalue weighted by atomic mass is 10.1. The van der Waals surface area contributed by atoms with Crippen LogP contribution in [-0.4, -0.2) is 29.9 Å². The van der Waals surface area contributed by atoms with E-state index in [1.54, 1.807) is 6.07 Å². The minimum absolute atomic E-state index is 0.252. The Morgan fingerprint density at radius 2 is 1.94 bits per heavy atom. The van der Waals surface area contributed by atoms with Crippen molar-refractivity contribution in [1.82, 2.24) is 5.32 Å². The molecule has 0 aliphatic carbocycles. The number of nitrogens with one attached hydrogen (secondary N) is 1. The van der Waals surface area contributed by atoms with Gasteiger partial charge in [0.05, 0.1) is 6.10 Å². The Morgan fingerprint density at radius 3 is 2.65 bits per heavy atom. The van der Waals surface area contributed by atoms with Gasteiger partial charge in [-0.1, -0.05) is 29.8 Å². The zero-order chi connectivity index (χ0) is 12.5. The summed E-state index contributed by atoms with van der Waals surface area (Å²) in [5, 5.41) is 22.3. The second kappa shape index (κ2) is 8.48. The number of aliphatic hydroxyl groups excluding tert-OH is 2. The highest BCUT2D eigenvalue weighted by atomic mass is 35.5. The van der Waals surface area contributed by atoms with Gasteiger partial charge in [-0.25, -0.2) is 0 Å². The Bertz CT molecular complexity index is 320. The molecule has 1 unspecified atom stereocenters. The Balaban J connectivity index is 2.21. The van der Waals surface area contributed by atoms with E-state index in [1.165, 1.54) is 0 Å². The fourth-order valence-electron chi connectivity index (χ4n) is 1.63. The zero-order valence-corrected chi connectivity index (χ0v) is 10.7. The van der Waals surface area contributed by atoms with Crippen molar-refractivity contribution in [2.24, 2.45) is 0 Å². The highest BCUT2D eigenvalue weighted by molar-refractivity contribution is 6.31. The lowest BCUT2D eigenvalue weighted by molar-refractivity contribution is 0.174. The molecule has 0 bridgehead atoms. The zero-order valence-electron chi connectivity index (χ0n) is 9.90. The van der Waals surface area contributed by atoms with Gasteiger partial charge in [0.25, 0.3) is 0 Å². The fourth-order valence-corrected chi connectivity index (χ4v) is 1.89. The second-order valence-corrected chi connectivity index (χ2v) is 4.43. The van der Waals surface area contributed by atoms with Crippen molar-refractivity contribution >= 4 is 11.6 Å². The van der Waals surface area contributed by atoms with Gasteiger partial charge in [0.2, 0.25) is 0 Å². The van der Waals surface area contributed by atoms with E-state index in [0.717, 1.165) is 31.4 Å². The van der Waals surface area contributed by atoms with E-state index in [0.29, 0.717) is 11.6 Å². The molecule has 0 heterocycles. The largest absolute Gasteiger partial charge is 0.396 e. The molecule has 4 heteroatoms. The van der Waals surface area contributed by atoms with Crippen LogP contribution in [0.4, 0.5) is 0 Å². The predicted molar refractivity (Wildman–Crippen MR) is 70.2 cm³/mol. The van der Waals surface area contributed by atoms with Crippen LogP contribution in [0.25, 0.3) is 0 Å². The summed E-state index contributed by atoms with van der Waals surface area (Å²) in [7, 11) is 0. The molecule has 1 aromatic rings. The van der Waals surface area contributed by atoms with Crippen LogP contribution < -0.4 is 5.32 Å².